The molecule has 0 saturated heterocycles. The summed E-state index contributed by atoms with van der Waals surface area (Å²) >= 11 is 0. The lowest BCUT2D eigenvalue weighted by molar-refractivity contribution is -0.135. The number of nitrogens with zero attached hydrogens (tertiary/aromatic N) is 1. The smallest absolute Gasteiger partial charge is 0.322 e. The largest absolute Gasteiger partial charge is 0.506 e. The third kappa shape index (κ3) is 3.78. The highest BCUT2D eigenvalue weighted by Crippen LogP contribution is 2.31. The molecule has 0 atom stereocenters. The summed E-state index contributed by atoms with van der Waals surface area (Å²) in [5.74, 6) is -1.68. The molecular formula is C23H18N2O6. The number of nitrogens with one attached hydrogen (secondary N) is 1. The van der Waals surface area contributed by atoms with Crippen LogP contribution in [0, 0.1) is 0 Å². The number of hydrogen-bond acceptors (Lipinski definition) is 5. The molecule has 4 rings (SSSR count). The number of benzene rings is 3. The van der Waals surface area contributed by atoms with Gasteiger partial charge in [0.2, 0.25) is 0 Å². The molecule has 4 aromatic rings. The number of carboxylic acid groups (broad SMARTS) is 1. The molecule has 3 aromatic carbocycles. The molecule has 1 amide bonds. The fourth-order valence-corrected chi connectivity index (χ4v) is 3.38. The summed E-state index contributed by atoms with van der Waals surface area (Å²) in [5.41, 5.74) is -0.911. The SMILES string of the molecule is Cn1c(=O)c(C(=O)NCC(=O)O)c(O)c2ccc(Oc3ccc4ccccc4c3)cc21. The topological polar surface area (TPSA) is 118 Å². The molecule has 31 heavy (non-hydrogen) atoms. The molecule has 156 valence electrons. The maximum absolute atomic E-state index is 12.7. The highest BCUT2D eigenvalue weighted by molar-refractivity contribution is 6.03. The fraction of sp³-hybridized carbons (Fsp3) is 0.0870. The number of carbonyl (C=O) groups excluding carboxylic acids is 1. The lowest BCUT2D eigenvalue weighted by atomic mass is 10.1. The Kier molecular flexibility index (Phi) is 5.04. The highest BCUT2D eigenvalue weighted by Gasteiger charge is 2.22. The summed E-state index contributed by atoms with van der Waals surface area (Å²) in [4.78, 5) is 35.6. The van der Waals surface area contributed by atoms with E-state index in [1.807, 2.05) is 42.5 Å². The van der Waals surface area contributed by atoms with Gasteiger partial charge in [-0.15, -0.1) is 0 Å². The molecule has 8 nitrogen and oxygen atoms in total. The predicted molar refractivity (Wildman–Crippen MR) is 115 cm³/mol. The van der Waals surface area contributed by atoms with Crippen LogP contribution in [0.5, 0.6) is 17.2 Å². The number of hydrogen-bond donors (Lipinski definition) is 3. The first-order chi connectivity index (χ1) is 14.8. The van der Waals surface area contributed by atoms with Crippen molar-refractivity contribution in [2.45, 2.75) is 0 Å². The van der Waals surface area contributed by atoms with Crippen LogP contribution >= 0.6 is 0 Å². The molecule has 0 bridgehead atoms. The average molecular weight is 418 g/mol. The first kappa shape index (κ1) is 20.0. The summed E-state index contributed by atoms with van der Waals surface area (Å²) in [6.07, 6.45) is 0. The molecule has 0 aliphatic heterocycles. The monoisotopic (exact) mass is 418 g/mol. The summed E-state index contributed by atoms with van der Waals surface area (Å²) in [5, 5.41) is 23.7. The van der Waals surface area contributed by atoms with E-state index in [-0.39, 0.29) is 5.39 Å². The van der Waals surface area contributed by atoms with E-state index in [0.29, 0.717) is 17.0 Å². The number of carboxylic acids is 1. The molecule has 0 fully saturated rings. The zero-order chi connectivity index (χ0) is 22.1. The second-order valence-electron chi connectivity index (χ2n) is 6.95. The van der Waals surface area contributed by atoms with E-state index in [2.05, 4.69) is 5.32 Å². The summed E-state index contributed by atoms with van der Waals surface area (Å²) in [6.45, 7) is -0.669. The number of pyridine rings is 1. The van der Waals surface area contributed by atoms with Crippen molar-refractivity contribution >= 4 is 33.6 Å². The van der Waals surface area contributed by atoms with Crippen molar-refractivity contribution in [2.75, 3.05) is 6.54 Å². The third-order valence-corrected chi connectivity index (χ3v) is 4.92. The molecular weight excluding hydrogens is 400 g/mol. The molecule has 1 aromatic heterocycles. The summed E-state index contributed by atoms with van der Waals surface area (Å²) in [6, 6.07) is 18.3. The Hall–Kier alpha value is -4.33. The zero-order valence-corrected chi connectivity index (χ0v) is 16.5. The first-order valence-corrected chi connectivity index (χ1v) is 9.37. The van der Waals surface area contributed by atoms with Gasteiger partial charge < -0.3 is 24.8 Å². The minimum atomic E-state index is -1.26. The molecule has 1 heterocycles. The Balaban J connectivity index is 1.72. The molecule has 0 unspecified atom stereocenters. The minimum Gasteiger partial charge on any atom is -0.506 e. The maximum Gasteiger partial charge on any atom is 0.322 e. The number of amides is 1. The third-order valence-electron chi connectivity index (χ3n) is 4.92. The summed E-state index contributed by atoms with van der Waals surface area (Å²) in [7, 11) is 1.46. The standard InChI is InChI=1S/C23H18N2O6/c1-25-18-11-16(31-15-7-6-13-4-2-3-5-14(13)10-15)8-9-17(18)21(28)20(23(25)30)22(29)24-12-19(26)27/h2-11,28H,12H2,1H3,(H,24,29)(H,26,27). The molecule has 3 N–H and O–H groups in total. The van der Waals surface area contributed by atoms with E-state index in [4.69, 9.17) is 9.84 Å². The van der Waals surface area contributed by atoms with Crippen molar-refractivity contribution in [3.8, 4) is 17.2 Å². The van der Waals surface area contributed by atoms with Crippen LogP contribution in [0.3, 0.4) is 0 Å². The maximum atomic E-state index is 12.7. The summed E-state index contributed by atoms with van der Waals surface area (Å²) < 4.78 is 7.14. The Labute approximate surface area is 175 Å². The van der Waals surface area contributed by atoms with Crippen molar-refractivity contribution < 1.29 is 24.5 Å². The van der Waals surface area contributed by atoms with Crippen LogP contribution in [0.4, 0.5) is 0 Å². The van der Waals surface area contributed by atoms with Gasteiger partial charge in [-0.3, -0.25) is 14.4 Å². The molecule has 0 aliphatic carbocycles. The van der Waals surface area contributed by atoms with E-state index in [1.165, 1.54) is 17.7 Å². The van der Waals surface area contributed by atoms with Crippen LogP contribution in [-0.4, -0.2) is 33.2 Å². The molecule has 0 saturated carbocycles. The van der Waals surface area contributed by atoms with Crippen LogP contribution in [0.2, 0.25) is 0 Å². The zero-order valence-electron chi connectivity index (χ0n) is 16.5. The van der Waals surface area contributed by atoms with Gasteiger partial charge in [0, 0.05) is 18.5 Å². The minimum absolute atomic E-state index is 0.258. The highest BCUT2D eigenvalue weighted by atomic mass is 16.5. The van der Waals surface area contributed by atoms with Crippen molar-refractivity contribution in [3.05, 3.63) is 76.6 Å². The first-order valence-electron chi connectivity index (χ1n) is 9.37. The van der Waals surface area contributed by atoms with Crippen molar-refractivity contribution in [1.82, 2.24) is 9.88 Å². The van der Waals surface area contributed by atoms with Gasteiger partial charge in [-0.25, -0.2) is 0 Å². The van der Waals surface area contributed by atoms with E-state index in [9.17, 15) is 19.5 Å². The normalized spacial score (nSPS) is 10.9. The number of carbonyl (C=O) groups is 2. The molecule has 0 radical (unpaired) electrons. The van der Waals surface area contributed by atoms with E-state index in [1.54, 1.807) is 12.1 Å². The van der Waals surface area contributed by atoms with Crippen LogP contribution < -0.4 is 15.6 Å². The van der Waals surface area contributed by atoms with Gasteiger partial charge in [0.05, 0.1) is 5.52 Å². The number of ether oxygens (including phenoxy) is 1. The van der Waals surface area contributed by atoms with Gasteiger partial charge in [-0.05, 0) is 35.0 Å². The number of rotatable bonds is 5. The quantitative estimate of drug-likeness (QED) is 0.459. The molecule has 0 spiro atoms. The lowest BCUT2D eigenvalue weighted by Gasteiger charge is -2.13. The Morgan fingerprint density at radius 3 is 2.42 bits per heavy atom. The Morgan fingerprint density at radius 1 is 1.00 bits per heavy atom. The van der Waals surface area contributed by atoms with Gasteiger partial charge in [-0.2, -0.15) is 0 Å². The second-order valence-corrected chi connectivity index (χ2v) is 6.95. The van der Waals surface area contributed by atoms with Crippen LogP contribution in [0.15, 0.2) is 65.5 Å². The number of fused-ring (bicyclic) bond motifs is 2. The molecule has 0 aliphatic rings. The van der Waals surface area contributed by atoms with Crippen LogP contribution in [-0.2, 0) is 11.8 Å². The van der Waals surface area contributed by atoms with Gasteiger partial charge >= 0.3 is 5.97 Å². The second kappa shape index (κ2) is 7.83. The molecule has 8 heteroatoms. The fourth-order valence-electron chi connectivity index (χ4n) is 3.38. The number of aromatic nitrogens is 1. The number of aromatic hydroxyl groups is 1. The van der Waals surface area contributed by atoms with Crippen molar-refractivity contribution in [2.24, 2.45) is 7.05 Å². The number of aryl methyl sites for hydroxylation is 1. The van der Waals surface area contributed by atoms with Crippen molar-refractivity contribution in [1.29, 1.82) is 0 Å². The predicted octanol–water partition coefficient (Wildman–Crippen LogP) is 3.00. The van der Waals surface area contributed by atoms with E-state index < -0.39 is 35.3 Å². The van der Waals surface area contributed by atoms with E-state index in [0.717, 1.165) is 10.8 Å². The Morgan fingerprint density at radius 2 is 1.68 bits per heavy atom. The van der Waals surface area contributed by atoms with Gasteiger partial charge in [-0.1, -0.05) is 30.3 Å². The van der Waals surface area contributed by atoms with Gasteiger partial charge in [0.15, 0.2) is 0 Å². The lowest BCUT2D eigenvalue weighted by Crippen LogP contribution is -2.35. The number of aliphatic carboxylic acids is 1. The average Bonchev–Trinajstić information content (AvgIpc) is 2.76. The van der Waals surface area contributed by atoms with Gasteiger partial charge in [0.1, 0.15) is 29.4 Å². The van der Waals surface area contributed by atoms with Crippen molar-refractivity contribution in [3.63, 3.8) is 0 Å². The van der Waals surface area contributed by atoms with E-state index >= 15 is 0 Å². The van der Waals surface area contributed by atoms with Crippen LogP contribution in [0.1, 0.15) is 10.4 Å². The Bertz CT molecular complexity index is 1410. The van der Waals surface area contributed by atoms with Crippen LogP contribution in [0.25, 0.3) is 21.7 Å². The van der Waals surface area contributed by atoms with Gasteiger partial charge in [0.25, 0.3) is 11.5 Å².